The summed E-state index contributed by atoms with van der Waals surface area (Å²) in [6, 6.07) is 8.62. The Balaban J connectivity index is 2.24. The summed E-state index contributed by atoms with van der Waals surface area (Å²) in [7, 11) is 0. The molecule has 1 aromatic carbocycles. The summed E-state index contributed by atoms with van der Waals surface area (Å²) in [6.07, 6.45) is 5.25. The zero-order valence-electron chi connectivity index (χ0n) is 10.0. The number of benzene rings is 1. The van der Waals surface area contributed by atoms with Crippen molar-refractivity contribution < 1.29 is 0 Å². The number of unbranched alkanes of at least 4 members (excludes halogenated alkanes) is 3. The Morgan fingerprint density at radius 2 is 1.94 bits per heavy atom. The predicted molar refractivity (Wildman–Crippen MR) is 86.5 cm³/mol. The summed E-state index contributed by atoms with van der Waals surface area (Å²) < 4.78 is 4.99. The Morgan fingerprint density at radius 1 is 1.18 bits per heavy atom. The summed E-state index contributed by atoms with van der Waals surface area (Å²) in [5.74, 6) is 0. The average Bonchev–Trinajstić information content (AvgIpc) is 2.60. The molecule has 17 heavy (non-hydrogen) atoms. The Bertz CT molecular complexity index is 504. The molecule has 0 unspecified atom stereocenters. The van der Waals surface area contributed by atoms with Gasteiger partial charge >= 0.3 is 0 Å². The molecule has 1 heterocycles. The molecule has 0 bridgehead atoms. The van der Waals surface area contributed by atoms with Crippen LogP contribution in [0.2, 0.25) is 0 Å². The molecule has 0 amide bonds. The van der Waals surface area contributed by atoms with Gasteiger partial charge in [-0.1, -0.05) is 44.4 Å². The van der Waals surface area contributed by atoms with Crippen LogP contribution in [-0.4, -0.2) is 4.57 Å². The monoisotopic (exact) mass is 405 g/mol. The molecule has 0 radical (unpaired) electrons. The van der Waals surface area contributed by atoms with E-state index in [0.717, 1.165) is 6.54 Å². The van der Waals surface area contributed by atoms with Gasteiger partial charge in [-0.05, 0) is 51.0 Å². The maximum Gasteiger partial charge on any atom is 0.0953 e. The van der Waals surface area contributed by atoms with Crippen LogP contribution in [-0.2, 0) is 6.54 Å². The van der Waals surface area contributed by atoms with Crippen LogP contribution in [0.1, 0.15) is 32.6 Å². The molecule has 1 nitrogen and oxygen atoms in total. The fourth-order valence-electron chi connectivity index (χ4n) is 2.15. The molecular weight excluding hydrogens is 389 g/mol. The van der Waals surface area contributed by atoms with Gasteiger partial charge in [0.25, 0.3) is 0 Å². The van der Waals surface area contributed by atoms with Crippen molar-refractivity contribution in [1.82, 2.24) is 4.57 Å². The molecular formula is C14H17BrIN. The topological polar surface area (TPSA) is 4.93 Å². The van der Waals surface area contributed by atoms with Crippen LogP contribution >= 0.6 is 38.5 Å². The first kappa shape index (κ1) is 13.4. The summed E-state index contributed by atoms with van der Waals surface area (Å²) in [5, 5.41) is 1.33. The molecule has 0 spiro atoms. The number of aryl methyl sites for hydroxylation is 1. The molecule has 0 fully saturated rings. The Hall–Kier alpha value is -0.0300. The maximum absolute atomic E-state index is 3.70. The van der Waals surface area contributed by atoms with Crippen molar-refractivity contribution in [1.29, 1.82) is 0 Å². The number of fused-ring (bicyclic) bond motifs is 1. The van der Waals surface area contributed by atoms with Crippen molar-refractivity contribution in [2.75, 3.05) is 0 Å². The van der Waals surface area contributed by atoms with Crippen molar-refractivity contribution in [2.24, 2.45) is 0 Å². The predicted octanol–water partition coefficient (Wildman–Crippen LogP) is 5.59. The fraction of sp³-hybridized carbons (Fsp3) is 0.429. The van der Waals surface area contributed by atoms with E-state index in [2.05, 4.69) is 74.3 Å². The highest BCUT2D eigenvalue weighted by Gasteiger charge is 2.11. The van der Waals surface area contributed by atoms with E-state index in [-0.39, 0.29) is 0 Å². The van der Waals surface area contributed by atoms with E-state index in [4.69, 9.17) is 0 Å². The summed E-state index contributed by atoms with van der Waals surface area (Å²) in [6.45, 7) is 3.38. The molecule has 0 aliphatic rings. The fourth-order valence-corrected chi connectivity index (χ4v) is 3.49. The zero-order chi connectivity index (χ0) is 12.3. The highest BCUT2D eigenvalue weighted by molar-refractivity contribution is 14.1. The lowest BCUT2D eigenvalue weighted by atomic mass is 10.2. The second-order valence-electron chi connectivity index (χ2n) is 4.33. The van der Waals surface area contributed by atoms with Crippen molar-refractivity contribution >= 4 is 49.4 Å². The number of hydrogen-bond donors (Lipinski definition) is 0. The van der Waals surface area contributed by atoms with Crippen LogP contribution in [0.15, 0.2) is 28.7 Å². The first-order valence-corrected chi connectivity index (χ1v) is 8.05. The van der Waals surface area contributed by atoms with Gasteiger partial charge in [-0.3, -0.25) is 0 Å². The molecule has 0 N–H and O–H groups in total. The van der Waals surface area contributed by atoms with Gasteiger partial charge < -0.3 is 4.57 Å². The van der Waals surface area contributed by atoms with Crippen LogP contribution in [0.3, 0.4) is 0 Å². The molecule has 0 saturated heterocycles. The van der Waals surface area contributed by atoms with E-state index < -0.39 is 0 Å². The van der Waals surface area contributed by atoms with Crippen molar-refractivity contribution in [3.05, 3.63) is 32.4 Å². The third-order valence-corrected chi connectivity index (χ3v) is 5.75. The van der Waals surface area contributed by atoms with Crippen molar-refractivity contribution in [2.45, 2.75) is 39.2 Å². The maximum atomic E-state index is 3.70. The van der Waals surface area contributed by atoms with Crippen LogP contribution < -0.4 is 0 Å². The Morgan fingerprint density at radius 3 is 2.71 bits per heavy atom. The molecule has 0 aliphatic heterocycles. The zero-order valence-corrected chi connectivity index (χ0v) is 13.8. The SMILES string of the molecule is CCCCCCn1c(I)c(Br)c2ccccc21. The van der Waals surface area contributed by atoms with Gasteiger partial charge in [-0.2, -0.15) is 0 Å². The molecule has 3 heteroatoms. The average molecular weight is 406 g/mol. The third kappa shape index (κ3) is 2.87. The van der Waals surface area contributed by atoms with E-state index in [1.807, 2.05) is 0 Å². The number of aromatic nitrogens is 1. The van der Waals surface area contributed by atoms with Gasteiger partial charge in [0.2, 0.25) is 0 Å². The first-order chi connectivity index (χ1) is 8.25. The minimum atomic E-state index is 1.13. The summed E-state index contributed by atoms with van der Waals surface area (Å²) in [5.41, 5.74) is 1.35. The van der Waals surface area contributed by atoms with Crippen LogP contribution in [0.5, 0.6) is 0 Å². The quantitative estimate of drug-likeness (QED) is 0.451. The van der Waals surface area contributed by atoms with Crippen molar-refractivity contribution in [3.63, 3.8) is 0 Å². The molecule has 92 valence electrons. The van der Waals surface area contributed by atoms with Crippen LogP contribution in [0, 0.1) is 3.70 Å². The minimum absolute atomic E-state index is 1.13. The number of nitrogens with zero attached hydrogens (tertiary/aromatic N) is 1. The summed E-state index contributed by atoms with van der Waals surface area (Å²) in [4.78, 5) is 0. The van der Waals surface area contributed by atoms with Gasteiger partial charge in [0, 0.05) is 17.4 Å². The van der Waals surface area contributed by atoms with Gasteiger partial charge in [0.05, 0.1) is 8.17 Å². The van der Waals surface area contributed by atoms with E-state index in [0.29, 0.717) is 0 Å². The van der Waals surface area contributed by atoms with Gasteiger partial charge in [0.15, 0.2) is 0 Å². The number of hydrogen-bond acceptors (Lipinski definition) is 0. The standard InChI is InChI=1S/C14H17BrIN/c1-2-3-4-7-10-17-12-9-6-5-8-11(12)13(15)14(17)16/h5-6,8-9H,2-4,7,10H2,1H3. The molecule has 2 rings (SSSR count). The molecule has 2 aromatic rings. The van der Waals surface area contributed by atoms with Crippen LogP contribution in [0.4, 0.5) is 0 Å². The van der Waals surface area contributed by atoms with Gasteiger partial charge in [-0.25, -0.2) is 0 Å². The molecule has 0 atom stereocenters. The number of rotatable bonds is 5. The van der Waals surface area contributed by atoms with Gasteiger partial charge in [0.1, 0.15) is 0 Å². The second-order valence-corrected chi connectivity index (χ2v) is 6.15. The van der Waals surface area contributed by atoms with E-state index in [1.165, 1.54) is 44.8 Å². The van der Waals surface area contributed by atoms with Crippen molar-refractivity contribution in [3.8, 4) is 0 Å². The Kier molecular flexibility index (Phi) is 4.91. The smallest absolute Gasteiger partial charge is 0.0953 e. The highest BCUT2D eigenvalue weighted by Crippen LogP contribution is 2.32. The lowest BCUT2D eigenvalue weighted by molar-refractivity contribution is 0.587. The van der Waals surface area contributed by atoms with E-state index in [1.54, 1.807) is 0 Å². The molecule has 0 aliphatic carbocycles. The first-order valence-electron chi connectivity index (χ1n) is 6.18. The Labute approximate surface area is 125 Å². The normalized spacial score (nSPS) is 11.2. The van der Waals surface area contributed by atoms with E-state index >= 15 is 0 Å². The lowest BCUT2D eigenvalue weighted by Gasteiger charge is -2.06. The molecule has 0 saturated carbocycles. The lowest BCUT2D eigenvalue weighted by Crippen LogP contribution is -2.00. The second kappa shape index (κ2) is 6.23. The minimum Gasteiger partial charge on any atom is -0.335 e. The number of halogens is 2. The largest absolute Gasteiger partial charge is 0.335 e. The van der Waals surface area contributed by atoms with E-state index in [9.17, 15) is 0 Å². The molecule has 1 aromatic heterocycles. The third-order valence-electron chi connectivity index (χ3n) is 3.08. The summed E-state index contributed by atoms with van der Waals surface area (Å²) >= 11 is 6.13. The van der Waals surface area contributed by atoms with Crippen LogP contribution in [0.25, 0.3) is 10.9 Å². The van der Waals surface area contributed by atoms with Gasteiger partial charge in [-0.15, -0.1) is 0 Å². The highest BCUT2D eigenvalue weighted by atomic mass is 127. The number of para-hydroxylation sites is 1.